The van der Waals surface area contributed by atoms with Crippen LogP contribution >= 0.6 is 0 Å². The molecule has 1 heterocycles. The first-order chi connectivity index (χ1) is 14.8. The Bertz CT molecular complexity index is 1050. The Kier molecular flexibility index (Phi) is 6.74. The van der Waals surface area contributed by atoms with Crippen LogP contribution in [0.5, 0.6) is 11.5 Å². The first-order valence-electron chi connectivity index (χ1n) is 9.98. The summed E-state index contributed by atoms with van der Waals surface area (Å²) in [6, 6.07) is 9.51. The number of nitrogens with one attached hydrogen (secondary N) is 2. The van der Waals surface area contributed by atoms with Gasteiger partial charge < -0.3 is 20.5 Å². The highest BCUT2D eigenvalue weighted by Crippen LogP contribution is 2.35. The summed E-state index contributed by atoms with van der Waals surface area (Å²) in [6.45, 7) is 5.96. The first kappa shape index (κ1) is 22.1. The molecule has 2 aromatic carbocycles. The lowest BCUT2D eigenvalue weighted by Crippen LogP contribution is -2.20. The molecule has 8 nitrogen and oxygen atoms in total. The fourth-order valence-electron chi connectivity index (χ4n) is 3.15. The number of halogens is 1. The van der Waals surface area contributed by atoms with Gasteiger partial charge in [0.1, 0.15) is 24.0 Å². The Morgan fingerprint density at radius 1 is 1.26 bits per heavy atom. The molecule has 0 amide bonds. The average molecular weight is 426 g/mol. The molecule has 0 saturated carbocycles. The quantitative estimate of drug-likeness (QED) is 0.356. The van der Waals surface area contributed by atoms with Gasteiger partial charge >= 0.3 is 0 Å². The van der Waals surface area contributed by atoms with Crippen LogP contribution in [-0.4, -0.2) is 33.3 Å². The maximum absolute atomic E-state index is 15.6. The minimum atomic E-state index is -0.675. The molecule has 1 aromatic heterocycles. The molecule has 1 atom stereocenters. The smallest absolute Gasteiger partial charge is 0.171 e. The van der Waals surface area contributed by atoms with Gasteiger partial charge in [0.2, 0.25) is 0 Å². The summed E-state index contributed by atoms with van der Waals surface area (Å²) in [5, 5.41) is 15.0. The number of hydrogen-bond acceptors (Lipinski definition) is 6. The van der Waals surface area contributed by atoms with E-state index in [9.17, 15) is 0 Å². The van der Waals surface area contributed by atoms with Crippen LogP contribution in [0.15, 0.2) is 42.7 Å². The van der Waals surface area contributed by atoms with E-state index < -0.39 is 11.9 Å². The first-order valence-corrected chi connectivity index (χ1v) is 9.98. The lowest BCUT2D eigenvalue weighted by molar-refractivity contribution is 0.228. The van der Waals surface area contributed by atoms with Crippen LogP contribution < -0.4 is 20.5 Å². The second-order valence-corrected chi connectivity index (χ2v) is 7.23. The Labute approximate surface area is 180 Å². The highest BCUT2D eigenvalue weighted by atomic mass is 19.1. The number of aromatic nitrogens is 3. The summed E-state index contributed by atoms with van der Waals surface area (Å²) >= 11 is 0. The van der Waals surface area contributed by atoms with Gasteiger partial charge in [-0.2, -0.15) is 5.10 Å². The van der Waals surface area contributed by atoms with Gasteiger partial charge in [-0.25, -0.2) is 9.37 Å². The summed E-state index contributed by atoms with van der Waals surface area (Å²) in [6.07, 6.45) is 1.21. The van der Waals surface area contributed by atoms with Gasteiger partial charge in [0.15, 0.2) is 17.4 Å². The zero-order chi connectivity index (χ0) is 22.5. The van der Waals surface area contributed by atoms with Crippen molar-refractivity contribution in [3.8, 4) is 11.5 Å². The van der Waals surface area contributed by atoms with E-state index in [-0.39, 0.29) is 17.7 Å². The summed E-state index contributed by atoms with van der Waals surface area (Å²) in [5.41, 5.74) is 7.15. The Morgan fingerprint density at radius 2 is 1.97 bits per heavy atom. The van der Waals surface area contributed by atoms with E-state index in [0.29, 0.717) is 35.0 Å². The molecule has 0 aliphatic carbocycles. The summed E-state index contributed by atoms with van der Waals surface area (Å²) in [5.74, 6) is 0.589. The van der Waals surface area contributed by atoms with Gasteiger partial charge in [0.05, 0.1) is 12.7 Å². The number of aryl methyl sites for hydroxylation is 1. The third-order valence-corrected chi connectivity index (χ3v) is 4.54. The van der Waals surface area contributed by atoms with Gasteiger partial charge in [-0.1, -0.05) is 0 Å². The van der Waals surface area contributed by atoms with E-state index >= 15 is 4.39 Å². The normalized spacial score (nSPS) is 11.9. The molecule has 9 heteroatoms. The zero-order valence-corrected chi connectivity index (χ0v) is 18.0. The molecule has 0 aliphatic rings. The SMILES string of the molecule is CCOc1cc(OC(C)C)c(F)c(C(Nc2ccc(C(=N)N)cc2)c2ncnn2C)c1. The van der Waals surface area contributed by atoms with Crippen LogP contribution in [0, 0.1) is 11.2 Å². The number of nitrogens with two attached hydrogens (primary N) is 1. The molecule has 3 rings (SSSR count). The van der Waals surface area contributed by atoms with E-state index in [4.69, 9.17) is 20.6 Å². The van der Waals surface area contributed by atoms with E-state index in [1.54, 1.807) is 48.1 Å². The Morgan fingerprint density at radius 3 is 2.52 bits per heavy atom. The number of amidine groups is 1. The number of rotatable bonds is 9. The van der Waals surface area contributed by atoms with Crippen LogP contribution in [0.1, 0.15) is 43.8 Å². The van der Waals surface area contributed by atoms with Crippen molar-refractivity contribution < 1.29 is 13.9 Å². The monoisotopic (exact) mass is 426 g/mol. The summed E-state index contributed by atoms with van der Waals surface area (Å²) < 4.78 is 28.5. The number of benzene rings is 2. The van der Waals surface area contributed by atoms with Crippen molar-refractivity contribution in [2.45, 2.75) is 32.9 Å². The van der Waals surface area contributed by atoms with Crippen molar-refractivity contribution in [1.29, 1.82) is 5.41 Å². The van der Waals surface area contributed by atoms with Gasteiger partial charge in [0, 0.05) is 29.9 Å². The maximum Gasteiger partial charge on any atom is 0.171 e. The van der Waals surface area contributed by atoms with E-state index in [1.165, 1.54) is 6.33 Å². The molecule has 31 heavy (non-hydrogen) atoms. The molecule has 0 saturated heterocycles. The predicted molar refractivity (Wildman–Crippen MR) is 117 cm³/mol. The van der Waals surface area contributed by atoms with Crippen molar-refractivity contribution in [3.05, 3.63) is 65.5 Å². The zero-order valence-electron chi connectivity index (χ0n) is 18.0. The van der Waals surface area contributed by atoms with Crippen LogP contribution in [0.4, 0.5) is 10.1 Å². The molecule has 3 aromatic rings. The molecule has 1 unspecified atom stereocenters. The van der Waals surface area contributed by atoms with E-state index in [2.05, 4.69) is 15.4 Å². The molecule has 0 aliphatic heterocycles. The predicted octanol–water partition coefficient (Wildman–Crippen LogP) is 3.63. The molecule has 4 N–H and O–H groups in total. The minimum Gasteiger partial charge on any atom is -0.494 e. The standard InChI is InChI=1S/C22H27FN6O2/c1-5-30-16-10-17(19(23)18(11-16)31-13(2)3)20(22-26-12-27-29(22)4)28-15-8-6-14(7-9-15)21(24)25/h6-13,20,28H,5H2,1-4H3,(H3,24,25). The van der Waals surface area contributed by atoms with Gasteiger partial charge in [-0.15, -0.1) is 0 Å². The second-order valence-electron chi connectivity index (χ2n) is 7.23. The Hall–Kier alpha value is -3.62. The third-order valence-electron chi connectivity index (χ3n) is 4.54. The summed E-state index contributed by atoms with van der Waals surface area (Å²) in [7, 11) is 1.74. The van der Waals surface area contributed by atoms with Crippen molar-refractivity contribution in [1.82, 2.24) is 14.8 Å². The lowest BCUT2D eigenvalue weighted by Gasteiger charge is -2.23. The minimum absolute atomic E-state index is 0.0256. The number of nitrogen functional groups attached to an aromatic ring is 1. The van der Waals surface area contributed by atoms with Crippen LogP contribution in [-0.2, 0) is 7.05 Å². The highest BCUT2D eigenvalue weighted by Gasteiger charge is 2.26. The lowest BCUT2D eigenvalue weighted by atomic mass is 10.0. The fourth-order valence-corrected chi connectivity index (χ4v) is 3.15. The number of anilines is 1. The largest absolute Gasteiger partial charge is 0.494 e. The molecular weight excluding hydrogens is 399 g/mol. The van der Waals surface area contributed by atoms with Crippen LogP contribution in [0.25, 0.3) is 0 Å². The number of ether oxygens (including phenoxy) is 2. The molecule has 0 spiro atoms. The third kappa shape index (κ3) is 5.11. The second kappa shape index (κ2) is 9.46. The molecular formula is C22H27FN6O2. The van der Waals surface area contributed by atoms with Gasteiger partial charge in [-0.05, 0) is 51.1 Å². The van der Waals surface area contributed by atoms with Crippen molar-refractivity contribution >= 4 is 11.5 Å². The molecule has 0 fully saturated rings. The van der Waals surface area contributed by atoms with Crippen molar-refractivity contribution in [2.75, 3.05) is 11.9 Å². The molecule has 0 bridgehead atoms. The number of nitrogens with zero attached hydrogens (tertiary/aromatic N) is 3. The van der Waals surface area contributed by atoms with Gasteiger partial charge in [0.25, 0.3) is 0 Å². The molecule has 0 radical (unpaired) electrons. The molecule has 164 valence electrons. The topological polar surface area (TPSA) is 111 Å². The van der Waals surface area contributed by atoms with Crippen molar-refractivity contribution in [3.63, 3.8) is 0 Å². The van der Waals surface area contributed by atoms with Gasteiger partial charge in [-0.3, -0.25) is 10.1 Å². The number of hydrogen-bond donors (Lipinski definition) is 3. The fraction of sp³-hybridized carbons (Fsp3) is 0.318. The highest BCUT2D eigenvalue weighted by molar-refractivity contribution is 5.95. The van der Waals surface area contributed by atoms with Crippen molar-refractivity contribution in [2.24, 2.45) is 12.8 Å². The van der Waals surface area contributed by atoms with E-state index in [1.807, 2.05) is 20.8 Å². The van der Waals surface area contributed by atoms with Crippen LogP contribution in [0.2, 0.25) is 0 Å². The average Bonchev–Trinajstić information content (AvgIpc) is 3.14. The maximum atomic E-state index is 15.6. The Balaban J connectivity index is 2.10. The van der Waals surface area contributed by atoms with Crippen LogP contribution in [0.3, 0.4) is 0 Å². The van der Waals surface area contributed by atoms with E-state index in [0.717, 1.165) is 0 Å². The summed E-state index contributed by atoms with van der Waals surface area (Å²) in [4.78, 5) is 4.33.